The van der Waals surface area contributed by atoms with Crippen molar-refractivity contribution in [1.82, 2.24) is 4.90 Å². The highest BCUT2D eigenvalue weighted by Gasteiger charge is 2.31. The van der Waals surface area contributed by atoms with E-state index in [0.717, 1.165) is 32.4 Å². The fourth-order valence-electron chi connectivity index (χ4n) is 2.53. The maximum atomic E-state index is 10.3. The topological polar surface area (TPSA) is 23.5 Å². The molecule has 0 bridgehead atoms. The lowest BCUT2D eigenvalue weighted by molar-refractivity contribution is 0.0167. The van der Waals surface area contributed by atoms with Gasteiger partial charge in [0.15, 0.2) is 0 Å². The lowest BCUT2D eigenvalue weighted by Gasteiger charge is -2.28. The molecule has 0 aromatic carbocycles. The number of nitrogens with zero attached hydrogens (tertiary/aromatic N) is 1. The molecule has 1 heterocycles. The van der Waals surface area contributed by atoms with Crippen LogP contribution in [0.2, 0.25) is 0 Å². The molecule has 1 aromatic rings. The van der Waals surface area contributed by atoms with Crippen LogP contribution in [-0.4, -0.2) is 35.7 Å². The van der Waals surface area contributed by atoms with Gasteiger partial charge in [-0.25, -0.2) is 0 Å². The van der Waals surface area contributed by atoms with Crippen LogP contribution in [0.1, 0.15) is 30.6 Å². The van der Waals surface area contributed by atoms with Crippen LogP contribution >= 0.6 is 11.3 Å². The number of likely N-dealkylation sites (N-methyl/N-ethyl adjacent to an activating group) is 1. The van der Waals surface area contributed by atoms with Gasteiger partial charge < -0.3 is 10.0 Å². The van der Waals surface area contributed by atoms with Gasteiger partial charge in [0.1, 0.15) is 0 Å². The molecule has 1 aliphatic carbocycles. The van der Waals surface area contributed by atoms with Crippen LogP contribution in [0.3, 0.4) is 0 Å². The molecule has 16 heavy (non-hydrogen) atoms. The van der Waals surface area contributed by atoms with Crippen LogP contribution < -0.4 is 0 Å². The Bertz CT molecular complexity index is 304. The van der Waals surface area contributed by atoms with Crippen LogP contribution in [0.15, 0.2) is 17.5 Å². The van der Waals surface area contributed by atoms with E-state index in [1.54, 1.807) is 0 Å². The molecule has 0 saturated heterocycles. The second-order valence-corrected chi connectivity index (χ2v) is 6.03. The third-order valence-corrected chi connectivity index (χ3v) is 4.35. The van der Waals surface area contributed by atoms with Gasteiger partial charge in [-0.1, -0.05) is 18.9 Å². The van der Waals surface area contributed by atoms with E-state index in [9.17, 15) is 5.11 Å². The van der Waals surface area contributed by atoms with Gasteiger partial charge in [0.05, 0.1) is 5.60 Å². The zero-order valence-electron chi connectivity index (χ0n) is 9.98. The third-order valence-electron chi connectivity index (χ3n) is 3.42. The summed E-state index contributed by atoms with van der Waals surface area (Å²) in [4.78, 5) is 3.70. The summed E-state index contributed by atoms with van der Waals surface area (Å²) in [6.45, 7) is 1.88. The Hall–Kier alpha value is -0.380. The van der Waals surface area contributed by atoms with E-state index in [1.807, 2.05) is 11.3 Å². The minimum absolute atomic E-state index is 0.399. The van der Waals surface area contributed by atoms with Crippen molar-refractivity contribution in [3.8, 4) is 0 Å². The molecular weight excluding hydrogens is 218 g/mol. The zero-order valence-corrected chi connectivity index (χ0v) is 10.8. The molecule has 1 saturated carbocycles. The molecule has 0 radical (unpaired) electrons. The molecule has 1 fully saturated rings. The van der Waals surface area contributed by atoms with Crippen LogP contribution in [0.5, 0.6) is 0 Å². The number of hydrogen-bond acceptors (Lipinski definition) is 3. The molecule has 1 aliphatic rings. The van der Waals surface area contributed by atoms with Crippen molar-refractivity contribution in [3.63, 3.8) is 0 Å². The van der Waals surface area contributed by atoms with E-state index < -0.39 is 5.60 Å². The van der Waals surface area contributed by atoms with Gasteiger partial charge in [0.2, 0.25) is 0 Å². The fourth-order valence-corrected chi connectivity index (χ4v) is 3.23. The summed E-state index contributed by atoms with van der Waals surface area (Å²) in [6.07, 6.45) is 5.45. The van der Waals surface area contributed by atoms with E-state index >= 15 is 0 Å². The fraction of sp³-hybridized carbons (Fsp3) is 0.692. The predicted molar refractivity (Wildman–Crippen MR) is 68.9 cm³/mol. The summed E-state index contributed by atoms with van der Waals surface area (Å²) in [7, 11) is 2.11. The third kappa shape index (κ3) is 3.30. The van der Waals surface area contributed by atoms with Crippen molar-refractivity contribution >= 4 is 11.3 Å². The molecule has 0 spiro atoms. The van der Waals surface area contributed by atoms with Crippen molar-refractivity contribution < 1.29 is 5.11 Å². The van der Waals surface area contributed by atoms with Gasteiger partial charge in [-0.3, -0.25) is 0 Å². The van der Waals surface area contributed by atoms with Gasteiger partial charge in [0, 0.05) is 18.0 Å². The van der Waals surface area contributed by atoms with Crippen LogP contribution in [-0.2, 0) is 6.42 Å². The average molecular weight is 239 g/mol. The molecule has 3 heteroatoms. The lowest BCUT2D eigenvalue weighted by atomic mass is 10.0. The summed E-state index contributed by atoms with van der Waals surface area (Å²) in [5, 5.41) is 12.4. The monoisotopic (exact) mass is 239 g/mol. The Labute approximate surface area is 102 Å². The summed E-state index contributed by atoms with van der Waals surface area (Å²) < 4.78 is 0. The Kier molecular flexibility index (Phi) is 4.00. The minimum atomic E-state index is -0.399. The summed E-state index contributed by atoms with van der Waals surface area (Å²) in [6, 6.07) is 4.29. The quantitative estimate of drug-likeness (QED) is 0.853. The number of rotatable bonds is 5. The first kappa shape index (κ1) is 12.1. The second-order valence-electron chi connectivity index (χ2n) is 5.00. The largest absolute Gasteiger partial charge is 0.389 e. The Morgan fingerprint density at radius 3 is 2.81 bits per heavy atom. The number of hydrogen-bond donors (Lipinski definition) is 1. The smallest absolute Gasteiger partial charge is 0.0774 e. The first-order chi connectivity index (χ1) is 7.68. The van der Waals surface area contributed by atoms with Crippen molar-refractivity contribution in [2.24, 2.45) is 0 Å². The highest BCUT2D eigenvalue weighted by Crippen LogP contribution is 2.29. The van der Waals surface area contributed by atoms with E-state index in [1.165, 1.54) is 17.7 Å². The van der Waals surface area contributed by atoms with E-state index in [4.69, 9.17) is 0 Å². The van der Waals surface area contributed by atoms with Gasteiger partial charge in [-0.2, -0.15) is 0 Å². The van der Waals surface area contributed by atoms with Crippen molar-refractivity contribution in [2.45, 2.75) is 37.7 Å². The van der Waals surface area contributed by atoms with Crippen LogP contribution in [0.25, 0.3) is 0 Å². The van der Waals surface area contributed by atoms with Gasteiger partial charge in [-0.15, -0.1) is 11.3 Å². The highest BCUT2D eigenvalue weighted by atomic mass is 32.1. The normalized spacial score (nSPS) is 19.4. The van der Waals surface area contributed by atoms with Crippen LogP contribution in [0, 0.1) is 0 Å². The molecule has 90 valence electrons. The van der Waals surface area contributed by atoms with Gasteiger partial charge >= 0.3 is 0 Å². The molecular formula is C13H21NOS. The SMILES string of the molecule is CN(CCc1cccs1)CC1(O)CCCC1. The minimum Gasteiger partial charge on any atom is -0.389 e. The number of thiophene rings is 1. The van der Waals surface area contributed by atoms with E-state index in [2.05, 4.69) is 29.5 Å². The lowest BCUT2D eigenvalue weighted by Crippen LogP contribution is -2.39. The standard InChI is InChI=1S/C13H21NOS/c1-14(9-6-12-5-4-10-16-12)11-13(15)7-2-3-8-13/h4-5,10,15H,2-3,6-9,11H2,1H3. The van der Waals surface area contributed by atoms with Gasteiger partial charge in [-0.05, 0) is 37.8 Å². The number of aliphatic hydroxyl groups is 1. The zero-order chi connectivity index (χ0) is 11.4. The maximum absolute atomic E-state index is 10.3. The van der Waals surface area contributed by atoms with E-state index in [-0.39, 0.29) is 0 Å². The molecule has 0 aliphatic heterocycles. The summed E-state index contributed by atoms with van der Waals surface area (Å²) in [5.41, 5.74) is -0.399. The Balaban J connectivity index is 1.73. The van der Waals surface area contributed by atoms with Crippen molar-refractivity contribution in [1.29, 1.82) is 0 Å². The van der Waals surface area contributed by atoms with Crippen molar-refractivity contribution in [2.75, 3.05) is 20.1 Å². The molecule has 0 amide bonds. The summed E-state index contributed by atoms with van der Waals surface area (Å²) >= 11 is 1.82. The molecule has 2 nitrogen and oxygen atoms in total. The molecule has 0 unspecified atom stereocenters. The van der Waals surface area contributed by atoms with Crippen molar-refractivity contribution in [3.05, 3.63) is 22.4 Å². The maximum Gasteiger partial charge on any atom is 0.0774 e. The molecule has 0 atom stereocenters. The molecule has 1 N–H and O–H groups in total. The first-order valence-electron chi connectivity index (χ1n) is 6.11. The highest BCUT2D eigenvalue weighted by molar-refractivity contribution is 7.09. The van der Waals surface area contributed by atoms with E-state index in [0.29, 0.717) is 0 Å². The second kappa shape index (κ2) is 5.30. The van der Waals surface area contributed by atoms with Gasteiger partial charge in [0.25, 0.3) is 0 Å². The van der Waals surface area contributed by atoms with Crippen LogP contribution in [0.4, 0.5) is 0 Å². The average Bonchev–Trinajstić information content (AvgIpc) is 2.86. The Morgan fingerprint density at radius 1 is 1.44 bits per heavy atom. The molecule has 2 rings (SSSR count). The summed E-state index contributed by atoms with van der Waals surface area (Å²) in [5.74, 6) is 0. The predicted octanol–water partition coefficient (Wildman–Crippen LogP) is 2.53. The Morgan fingerprint density at radius 2 is 2.19 bits per heavy atom. The first-order valence-corrected chi connectivity index (χ1v) is 6.99. The molecule has 1 aromatic heterocycles.